The third-order valence-electron chi connectivity index (χ3n) is 2.28. The maximum atomic E-state index is 11.1. The van der Waals surface area contributed by atoms with Crippen LogP contribution in [0.25, 0.3) is 0 Å². The van der Waals surface area contributed by atoms with E-state index in [4.69, 9.17) is 0 Å². The Morgan fingerprint density at radius 1 is 1.46 bits per heavy atom. The molecular formula is C10H18N2O. The maximum absolute atomic E-state index is 11.1. The molecule has 0 unspecified atom stereocenters. The smallest absolute Gasteiger partial charge is 0.240 e. The van der Waals surface area contributed by atoms with Gasteiger partial charge in [0.05, 0.1) is 0 Å². The Labute approximate surface area is 79.6 Å². The molecule has 0 aromatic heterocycles. The van der Waals surface area contributed by atoms with Crippen LogP contribution >= 0.6 is 0 Å². The molecule has 3 nitrogen and oxygen atoms in total. The van der Waals surface area contributed by atoms with Gasteiger partial charge in [-0.1, -0.05) is 13.3 Å². The van der Waals surface area contributed by atoms with Crippen molar-refractivity contribution in [3.8, 4) is 0 Å². The second kappa shape index (κ2) is 5.73. The molecule has 0 radical (unpaired) electrons. The van der Waals surface area contributed by atoms with Gasteiger partial charge in [-0.25, -0.2) is 5.43 Å². The van der Waals surface area contributed by atoms with E-state index in [1.807, 2.05) is 0 Å². The highest BCUT2D eigenvalue weighted by Crippen LogP contribution is 2.13. The third-order valence-corrected chi connectivity index (χ3v) is 2.28. The fourth-order valence-corrected chi connectivity index (χ4v) is 1.43. The number of hydrazone groups is 1. The summed E-state index contributed by atoms with van der Waals surface area (Å²) in [7, 11) is 0. The minimum atomic E-state index is 0.0567. The normalized spacial score (nSPS) is 15.9. The van der Waals surface area contributed by atoms with Gasteiger partial charge in [-0.3, -0.25) is 4.79 Å². The number of hydrogen-bond acceptors (Lipinski definition) is 2. The summed E-state index contributed by atoms with van der Waals surface area (Å²) in [6.45, 7) is 2.08. The lowest BCUT2D eigenvalue weighted by atomic mass is 10.2. The first kappa shape index (κ1) is 10.2. The van der Waals surface area contributed by atoms with E-state index in [0.717, 1.165) is 31.4 Å². The van der Waals surface area contributed by atoms with Gasteiger partial charge >= 0.3 is 0 Å². The van der Waals surface area contributed by atoms with E-state index in [1.54, 1.807) is 0 Å². The first-order chi connectivity index (χ1) is 6.33. The average molecular weight is 182 g/mol. The Morgan fingerprint density at radius 3 is 2.77 bits per heavy atom. The van der Waals surface area contributed by atoms with E-state index < -0.39 is 0 Å². The minimum absolute atomic E-state index is 0.0567. The van der Waals surface area contributed by atoms with Crippen LogP contribution in [0.2, 0.25) is 0 Å². The Morgan fingerprint density at radius 2 is 2.15 bits per heavy atom. The summed E-state index contributed by atoms with van der Waals surface area (Å²) in [5, 5.41) is 4.09. The summed E-state index contributed by atoms with van der Waals surface area (Å²) in [5.41, 5.74) is 3.77. The molecule has 0 aliphatic heterocycles. The van der Waals surface area contributed by atoms with Crippen LogP contribution in [-0.4, -0.2) is 11.6 Å². The molecule has 0 spiro atoms. The van der Waals surface area contributed by atoms with Crippen LogP contribution in [0.3, 0.4) is 0 Å². The summed E-state index contributed by atoms with van der Waals surface area (Å²) in [5.74, 6) is 0.0567. The van der Waals surface area contributed by atoms with Gasteiger partial charge in [0, 0.05) is 12.1 Å². The topological polar surface area (TPSA) is 41.5 Å². The van der Waals surface area contributed by atoms with Crippen LogP contribution in [0.4, 0.5) is 0 Å². The van der Waals surface area contributed by atoms with Crippen LogP contribution in [0.15, 0.2) is 5.10 Å². The first-order valence-electron chi connectivity index (χ1n) is 5.17. The number of nitrogens with zero attached hydrogens (tertiary/aromatic N) is 1. The Bertz CT molecular complexity index is 191. The van der Waals surface area contributed by atoms with E-state index in [2.05, 4.69) is 17.5 Å². The molecular weight excluding hydrogens is 164 g/mol. The summed E-state index contributed by atoms with van der Waals surface area (Å²) < 4.78 is 0. The molecule has 3 heteroatoms. The summed E-state index contributed by atoms with van der Waals surface area (Å²) in [6, 6.07) is 0. The predicted molar refractivity (Wildman–Crippen MR) is 53.6 cm³/mol. The zero-order valence-electron chi connectivity index (χ0n) is 8.31. The first-order valence-corrected chi connectivity index (χ1v) is 5.17. The predicted octanol–water partition coefficient (Wildman–Crippen LogP) is 2.22. The SMILES string of the molecule is CCCCC(=O)NN=C1CCCC1. The monoisotopic (exact) mass is 182 g/mol. The van der Waals surface area contributed by atoms with Gasteiger partial charge in [0.15, 0.2) is 0 Å². The lowest BCUT2D eigenvalue weighted by Gasteiger charge is -1.99. The second-order valence-electron chi connectivity index (χ2n) is 3.52. The van der Waals surface area contributed by atoms with Gasteiger partial charge in [0.1, 0.15) is 0 Å². The third kappa shape index (κ3) is 4.06. The number of nitrogens with one attached hydrogen (secondary N) is 1. The molecule has 0 aromatic rings. The number of unbranched alkanes of at least 4 members (excludes halogenated alkanes) is 1. The molecule has 0 heterocycles. The zero-order valence-corrected chi connectivity index (χ0v) is 8.31. The van der Waals surface area contributed by atoms with Crippen molar-refractivity contribution in [3.63, 3.8) is 0 Å². The molecule has 74 valence electrons. The van der Waals surface area contributed by atoms with E-state index in [-0.39, 0.29) is 5.91 Å². The molecule has 0 atom stereocenters. The van der Waals surface area contributed by atoms with Gasteiger partial charge < -0.3 is 0 Å². The van der Waals surface area contributed by atoms with E-state index in [9.17, 15) is 4.79 Å². The summed E-state index contributed by atoms with van der Waals surface area (Å²) >= 11 is 0. The van der Waals surface area contributed by atoms with Crippen LogP contribution in [0.5, 0.6) is 0 Å². The maximum Gasteiger partial charge on any atom is 0.240 e. The Hall–Kier alpha value is -0.860. The molecule has 1 saturated carbocycles. The van der Waals surface area contributed by atoms with Gasteiger partial charge in [-0.15, -0.1) is 0 Å². The van der Waals surface area contributed by atoms with Crippen molar-refractivity contribution in [1.82, 2.24) is 5.43 Å². The second-order valence-corrected chi connectivity index (χ2v) is 3.52. The van der Waals surface area contributed by atoms with Crippen LogP contribution < -0.4 is 5.43 Å². The number of carbonyl (C=O) groups excluding carboxylic acids is 1. The van der Waals surface area contributed by atoms with Crippen molar-refractivity contribution in [3.05, 3.63) is 0 Å². The lowest BCUT2D eigenvalue weighted by molar-refractivity contribution is -0.121. The van der Waals surface area contributed by atoms with E-state index >= 15 is 0 Å². The number of hydrogen-bond donors (Lipinski definition) is 1. The van der Waals surface area contributed by atoms with Crippen molar-refractivity contribution >= 4 is 11.6 Å². The molecule has 1 aliphatic rings. The largest absolute Gasteiger partial charge is 0.273 e. The van der Waals surface area contributed by atoms with Crippen LogP contribution in [-0.2, 0) is 4.79 Å². The molecule has 1 rings (SSSR count). The van der Waals surface area contributed by atoms with Crippen molar-refractivity contribution in [2.75, 3.05) is 0 Å². The van der Waals surface area contributed by atoms with Gasteiger partial charge in [0.25, 0.3) is 0 Å². The lowest BCUT2D eigenvalue weighted by Crippen LogP contribution is -2.18. The molecule has 1 aliphatic carbocycles. The van der Waals surface area contributed by atoms with Crippen LogP contribution in [0.1, 0.15) is 51.9 Å². The fraction of sp³-hybridized carbons (Fsp3) is 0.800. The van der Waals surface area contributed by atoms with Gasteiger partial charge in [-0.2, -0.15) is 5.10 Å². The fourth-order valence-electron chi connectivity index (χ4n) is 1.43. The quantitative estimate of drug-likeness (QED) is 0.665. The van der Waals surface area contributed by atoms with Crippen molar-refractivity contribution in [2.24, 2.45) is 5.10 Å². The summed E-state index contributed by atoms with van der Waals surface area (Å²) in [4.78, 5) is 11.1. The van der Waals surface area contributed by atoms with Crippen LogP contribution in [0, 0.1) is 0 Å². The van der Waals surface area contributed by atoms with E-state index in [1.165, 1.54) is 12.8 Å². The number of rotatable bonds is 4. The average Bonchev–Trinajstić information content (AvgIpc) is 2.64. The summed E-state index contributed by atoms with van der Waals surface area (Å²) in [6.07, 6.45) is 7.20. The molecule has 1 N–H and O–H groups in total. The number of amides is 1. The minimum Gasteiger partial charge on any atom is -0.273 e. The molecule has 0 aromatic carbocycles. The number of carbonyl (C=O) groups is 1. The Balaban J connectivity index is 2.16. The highest BCUT2D eigenvalue weighted by atomic mass is 16.2. The van der Waals surface area contributed by atoms with Crippen molar-refractivity contribution < 1.29 is 4.79 Å². The van der Waals surface area contributed by atoms with Crippen molar-refractivity contribution in [2.45, 2.75) is 51.9 Å². The molecule has 1 amide bonds. The molecule has 1 fully saturated rings. The van der Waals surface area contributed by atoms with E-state index in [0.29, 0.717) is 6.42 Å². The zero-order chi connectivity index (χ0) is 9.52. The Kier molecular flexibility index (Phi) is 4.50. The standard InChI is InChI=1S/C10H18N2O/c1-2-3-8-10(13)12-11-9-6-4-5-7-9/h2-8H2,1H3,(H,12,13). The molecule has 13 heavy (non-hydrogen) atoms. The highest BCUT2D eigenvalue weighted by Gasteiger charge is 2.08. The highest BCUT2D eigenvalue weighted by molar-refractivity contribution is 5.87. The molecule has 0 bridgehead atoms. The van der Waals surface area contributed by atoms with Gasteiger partial charge in [-0.05, 0) is 32.1 Å². The van der Waals surface area contributed by atoms with Gasteiger partial charge in [0.2, 0.25) is 5.91 Å². The van der Waals surface area contributed by atoms with Crippen molar-refractivity contribution in [1.29, 1.82) is 0 Å². The molecule has 0 saturated heterocycles.